The maximum atomic E-state index is 12.9. The molecule has 2 heterocycles. The quantitative estimate of drug-likeness (QED) is 0.661. The van der Waals surface area contributed by atoms with Gasteiger partial charge in [-0.25, -0.2) is 8.42 Å². The first-order valence-corrected chi connectivity index (χ1v) is 12.3. The fourth-order valence-corrected chi connectivity index (χ4v) is 5.25. The molecular weight excluding hydrogens is 446 g/mol. The summed E-state index contributed by atoms with van der Waals surface area (Å²) in [6.07, 6.45) is 0.594. The van der Waals surface area contributed by atoms with Crippen molar-refractivity contribution in [3.05, 3.63) is 48.5 Å². The number of ether oxygens (including phenoxy) is 2. The van der Waals surface area contributed by atoms with Crippen molar-refractivity contribution >= 4 is 33.2 Å². The highest BCUT2D eigenvalue weighted by atomic mass is 32.2. The van der Waals surface area contributed by atoms with Gasteiger partial charge in [0.05, 0.1) is 18.1 Å². The predicted octanol–water partition coefficient (Wildman–Crippen LogP) is 2.24. The van der Waals surface area contributed by atoms with Gasteiger partial charge in [0.15, 0.2) is 6.10 Å². The molecule has 33 heavy (non-hydrogen) atoms. The van der Waals surface area contributed by atoms with Crippen molar-refractivity contribution in [1.29, 1.82) is 0 Å². The highest BCUT2D eigenvalue weighted by Crippen LogP contribution is 2.25. The van der Waals surface area contributed by atoms with Crippen LogP contribution in [0.4, 0.5) is 11.4 Å². The Morgan fingerprint density at radius 3 is 2.48 bits per heavy atom. The van der Waals surface area contributed by atoms with E-state index < -0.39 is 22.0 Å². The number of anilines is 2. The molecule has 10 heteroatoms. The van der Waals surface area contributed by atoms with Crippen molar-refractivity contribution in [3.8, 4) is 5.75 Å². The fourth-order valence-electron chi connectivity index (χ4n) is 3.80. The number of benzene rings is 2. The third-order valence-corrected chi connectivity index (χ3v) is 7.51. The Balaban J connectivity index is 1.38. The van der Waals surface area contributed by atoms with Gasteiger partial charge in [0, 0.05) is 37.4 Å². The van der Waals surface area contributed by atoms with Gasteiger partial charge in [0.25, 0.3) is 5.91 Å². The smallest absolute Gasteiger partial charge is 0.265 e. The number of carbonyl (C=O) groups is 2. The number of sulfonamides is 1. The molecule has 176 valence electrons. The Bertz CT molecular complexity index is 1110. The Morgan fingerprint density at radius 1 is 1.09 bits per heavy atom. The number of hydrogen-bond donors (Lipinski definition) is 1. The molecule has 0 radical (unpaired) electrons. The summed E-state index contributed by atoms with van der Waals surface area (Å²) in [6.45, 7) is 3.64. The first-order chi connectivity index (χ1) is 15.8. The Morgan fingerprint density at radius 2 is 1.82 bits per heavy atom. The molecular formula is C23H27N3O6S. The zero-order valence-electron chi connectivity index (χ0n) is 18.4. The van der Waals surface area contributed by atoms with Gasteiger partial charge in [0.2, 0.25) is 15.9 Å². The van der Waals surface area contributed by atoms with Gasteiger partial charge in [-0.15, -0.1) is 0 Å². The minimum Gasteiger partial charge on any atom is -0.481 e. The maximum Gasteiger partial charge on any atom is 0.265 e. The van der Waals surface area contributed by atoms with Crippen molar-refractivity contribution in [3.63, 3.8) is 0 Å². The molecule has 2 saturated heterocycles. The molecule has 0 spiro atoms. The van der Waals surface area contributed by atoms with Gasteiger partial charge in [0.1, 0.15) is 5.75 Å². The molecule has 2 aromatic rings. The molecule has 0 bridgehead atoms. The SMILES string of the molecule is C[C@H](Oc1ccc(N2CCCC2=O)cc1)C(=O)Nc1cccc(S(=O)(=O)N2CCOCC2)c1. The van der Waals surface area contributed by atoms with Crippen LogP contribution in [0.3, 0.4) is 0 Å². The van der Waals surface area contributed by atoms with Crippen molar-refractivity contribution < 1.29 is 27.5 Å². The van der Waals surface area contributed by atoms with Crippen LogP contribution in [-0.4, -0.2) is 63.5 Å². The summed E-state index contributed by atoms with van der Waals surface area (Å²) in [7, 11) is -3.66. The van der Waals surface area contributed by atoms with Crippen molar-refractivity contribution in [2.75, 3.05) is 43.1 Å². The number of amides is 2. The second-order valence-corrected chi connectivity index (χ2v) is 9.87. The van der Waals surface area contributed by atoms with Crippen LogP contribution < -0.4 is 15.0 Å². The van der Waals surface area contributed by atoms with Crippen LogP contribution in [0, 0.1) is 0 Å². The van der Waals surface area contributed by atoms with Crippen LogP contribution in [0.2, 0.25) is 0 Å². The molecule has 4 rings (SSSR count). The van der Waals surface area contributed by atoms with Crippen LogP contribution in [0.5, 0.6) is 5.75 Å². The predicted molar refractivity (Wildman–Crippen MR) is 123 cm³/mol. The monoisotopic (exact) mass is 473 g/mol. The molecule has 0 saturated carbocycles. The van der Waals surface area contributed by atoms with Gasteiger partial charge in [-0.05, 0) is 55.8 Å². The summed E-state index contributed by atoms with van der Waals surface area (Å²) in [5.41, 5.74) is 1.17. The minimum atomic E-state index is -3.66. The van der Waals surface area contributed by atoms with E-state index in [1.165, 1.54) is 16.4 Å². The highest BCUT2D eigenvalue weighted by molar-refractivity contribution is 7.89. The number of morpholine rings is 1. The Hall–Kier alpha value is -2.95. The molecule has 2 amide bonds. The molecule has 0 aliphatic carbocycles. The van der Waals surface area contributed by atoms with Gasteiger partial charge < -0.3 is 19.7 Å². The lowest BCUT2D eigenvalue weighted by molar-refractivity contribution is -0.122. The van der Waals surface area contributed by atoms with E-state index in [0.29, 0.717) is 50.7 Å². The normalized spacial score (nSPS) is 18.2. The second-order valence-electron chi connectivity index (χ2n) is 7.94. The zero-order valence-corrected chi connectivity index (χ0v) is 19.2. The molecule has 2 aromatic carbocycles. The van der Waals surface area contributed by atoms with Crippen LogP contribution in [0.1, 0.15) is 19.8 Å². The number of rotatable bonds is 7. The van der Waals surface area contributed by atoms with Crippen molar-refractivity contribution in [1.82, 2.24) is 4.31 Å². The van der Waals surface area contributed by atoms with Gasteiger partial charge in [-0.3, -0.25) is 9.59 Å². The van der Waals surface area contributed by atoms with E-state index in [1.54, 1.807) is 48.2 Å². The summed E-state index contributed by atoms with van der Waals surface area (Å²) >= 11 is 0. The van der Waals surface area contributed by atoms with Crippen LogP contribution in [0.25, 0.3) is 0 Å². The summed E-state index contributed by atoms with van der Waals surface area (Å²) in [5.74, 6) is 0.195. The lowest BCUT2D eigenvalue weighted by Crippen LogP contribution is -2.40. The summed E-state index contributed by atoms with van der Waals surface area (Å²) in [5, 5.41) is 2.71. The Labute approximate surface area is 193 Å². The molecule has 9 nitrogen and oxygen atoms in total. The van der Waals surface area contributed by atoms with E-state index in [2.05, 4.69) is 5.32 Å². The second kappa shape index (κ2) is 9.90. The summed E-state index contributed by atoms with van der Waals surface area (Å²) in [4.78, 5) is 26.4. The average Bonchev–Trinajstić information content (AvgIpc) is 3.26. The van der Waals surface area contributed by atoms with E-state index in [1.807, 2.05) is 0 Å². The number of nitrogens with zero attached hydrogens (tertiary/aromatic N) is 2. The lowest BCUT2D eigenvalue weighted by Gasteiger charge is -2.26. The van der Waals surface area contributed by atoms with Crippen LogP contribution in [0.15, 0.2) is 53.4 Å². The third kappa shape index (κ3) is 5.35. The van der Waals surface area contributed by atoms with Crippen LogP contribution in [-0.2, 0) is 24.3 Å². The molecule has 2 aliphatic rings. The zero-order chi connectivity index (χ0) is 23.4. The lowest BCUT2D eigenvalue weighted by atomic mass is 10.2. The molecule has 0 unspecified atom stereocenters. The van der Waals surface area contributed by atoms with E-state index in [9.17, 15) is 18.0 Å². The topological polar surface area (TPSA) is 105 Å². The van der Waals surface area contributed by atoms with E-state index >= 15 is 0 Å². The Kier molecular flexibility index (Phi) is 6.96. The first kappa shape index (κ1) is 23.2. The van der Waals surface area contributed by atoms with Crippen LogP contribution >= 0.6 is 0 Å². The fraction of sp³-hybridized carbons (Fsp3) is 0.391. The molecule has 2 fully saturated rings. The van der Waals surface area contributed by atoms with E-state index in [4.69, 9.17) is 9.47 Å². The molecule has 0 aromatic heterocycles. The minimum absolute atomic E-state index is 0.106. The van der Waals surface area contributed by atoms with Crippen molar-refractivity contribution in [2.24, 2.45) is 0 Å². The summed E-state index contributed by atoms with van der Waals surface area (Å²) in [6, 6.07) is 13.2. The van der Waals surface area contributed by atoms with Gasteiger partial charge in [-0.2, -0.15) is 4.31 Å². The largest absolute Gasteiger partial charge is 0.481 e. The van der Waals surface area contributed by atoms with Crippen molar-refractivity contribution in [2.45, 2.75) is 30.8 Å². The molecule has 1 N–H and O–H groups in total. The third-order valence-electron chi connectivity index (χ3n) is 5.61. The number of nitrogens with one attached hydrogen (secondary N) is 1. The first-order valence-electron chi connectivity index (χ1n) is 10.9. The van der Waals surface area contributed by atoms with E-state index in [0.717, 1.165) is 12.1 Å². The van der Waals surface area contributed by atoms with Gasteiger partial charge in [-0.1, -0.05) is 6.07 Å². The molecule has 2 aliphatic heterocycles. The standard InChI is InChI=1S/C23H27N3O6S/c1-17(32-20-9-7-19(8-10-20)26-11-3-6-22(26)27)23(28)24-18-4-2-5-21(16-18)33(29,30)25-12-14-31-15-13-25/h2,4-5,7-10,16-17H,3,6,11-15H2,1H3,(H,24,28)/t17-/m0/s1. The number of hydrogen-bond acceptors (Lipinski definition) is 6. The highest BCUT2D eigenvalue weighted by Gasteiger charge is 2.27. The number of carbonyl (C=O) groups excluding carboxylic acids is 2. The summed E-state index contributed by atoms with van der Waals surface area (Å²) < 4.78 is 38.0. The average molecular weight is 474 g/mol. The van der Waals surface area contributed by atoms with Gasteiger partial charge >= 0.3 is 0 Å². The van der Waals surface area contributed by atoms with E-state index in [-0.39, 0.29) is 10.8 Å². The molecule has 1 atom stereocenters. The maximum absolute atomic E-state index is 12.9.